The molecule has 19 heavy (non-hydrogen) atoms. The molecule has 106 valence electrons. The molecule has 2 atom stereocenters. The first-order valence-electron chi connectivity index (χ1n) is 6.14. The third-order valence-corrected chi connectivity index (χ3v) is 3.49. The van der Waals surface area contributed by atoms with Crippen LogP contribution in [0.2, 0.25) is 0 Å². The molecule has 1 N–H and O–H groups in total. The Bertz CT molecular complexity index is 385. The van der Waals surface area contributed by atoms with E-state index in [2.05, 4.69) is 10.3 Å². The van der Waals surface area contributed by atoms with Crippen molar-refractivity contribution in [3.8, 4) is 0 Å². The van der Waals surface area contributed by atoms with Gasteiger partial charge in [0.1, 0.15) is 12.7 Å². The average molecular weight is 286 g/mol. The van der Waals surface area contributed by atoms with Crippen LogP contribution >= 0.6 is 11.3 Å². The third kappa shape index (κ3) is 4.54. The average Bonchev–Trinajstić information content (AvgIpc) is 2.91. The minimum atomic E-state index is -0.142. The van der Waals surface area contributed by atoms with Crippen LogP contribution in [0.25, 0.3) is 0 Å². The second-order valence-corrected chi connectivity index (χ2v) is 5.02. The molecule has 6 nitrogen and oxygen atoms in total. The van der Waals surface area contributed by atoms with Crippen LogP contribution in [-0.2, 0) is 25.6 Å². The maximum Gasteiger partial charge on any atom is 0.246 e. The molecule has 1 fully saturated rings. The molecule has 0 aromatic carbocycles. The van der Waals surface area contributed by atoms with Gasteiger partial charge in [0.25, 0.3) is 0 Å². The number of hydrogen-bond donors (Lipinski definition) is 1. The number of methoxy groups -OCH3 is 1. The number of nitrogens with one attached hydrogen (secondary N) is 1. The molecule has 1 saturated heterocycles. The Morgan fingerprint density at radius 3 is 3.32 bits per heavy atom. The van der Waals surface area contributed by atoms with Crippen LogP contribution in [0.15, 0.2) is 10.9 Å². The van der Waals surface area contributed by atoms with Gasteiger partial charge < -0.3 is 19.5 Å². The fourth-order valence-corrected chi connectivity index (χ4v) is 2.47. The second-order valence-electron chi connectivity index (χ2n) is 4.30. The first kappa shape index (κ1) is 14.4. The van der Waals surface area contributed by atoms with E-state index in [4.69, 9.17) is 14.2 Å². The van der Waals surface area contributed by atoms with Gasteiger partial charge in [0.15, 0.2) is 0 Å². The summed E-state index contributed by atoms with van der Waals surface area (Å²) in [6.45, 7) is 1.63. The molecule has 0 spiro atoms. The van der Waals surface area contributed by atoms with Gasteiger partial charge in [-0.25, -0.2) is 4.98 Å². The summed E-state index contributed by atoms with van der Waals surface area (Å²) in [5, 5.41) is 4.86. The van der Waals surface area contributed by atoms with Gasteiger partial charge in [0, 0.05) is 19.1 Å². The molecule has 0 aliphatic carbocycles. The topological polar surface area (TPSA) is 69.7 Å². The number of hydrogen-bond acceptors (Lipinski definition) is 6. The van der Waals surface area contributed by atoms with Crippen molar-refractivity contribution >= 4 is 17.2 Å². The van der Waals surface area contributed by atoms with Gasteiger partial charge in [0.05, 0.1) is 30.5 Å². The molecule has 1 amide bonds. The summed E-state index contributed by atoms with van der Waals surface area (Å²) in [4.78, 5) is 15.7. The van der Waals surface area contributed by atoms with Crippen molar-refractivity contribution in [3.63, 3.8) is 0 Å². The molecule has 2 heterocycles. The quantitative estimate of drug-likeness (QED) is 0.828. The van der Waals surface area contributed by atoms with Crippen molar-refractivity contribution in [2.75, 3.05) is 26.9 Å². The van der Waals surface area contributed by atoms with E-state index in [1.165, 1.54) is 18.4 Å². The zero-order chi connectivity index (χ0) is 13.5. The van der Waals surface area contributed by atoms with E-state index in [1.807, 2.05) is 5.38 Å². The smallest absolute Gasteiger partial charge is 0.246 e. The van der Waals surface area contributed by atoms with Crippen molar-refractivity contribution in [2.24, 2.45) is 0 Å². The molecule has 1 aliphatic rings. The Morgan fingerprint density at radius 1 is 1.68 bits per heavy atom. The highest BCUT2D eigenvalue weighted by molar-refractivity contribution is 7.07. The van der Waals surface area contributed by atoms with E-state index in [9.17, 15) is 4.79 Å². The molecule has 1 aromatic rings. The molecule has 0 saturated carbocycles. The summed E-state index contributed by atoms with van der Waals surface area (Å²) >= 11 is 1.54. The fourth-order valence-electron chi connectivity index (χ4n) is 1.92. The van der Waals surface area contributed by atoms with Crippen LogP contribution in [0.4, 0.5) is 0 Å². The fraction of sp³-hybridized carbons (Fsp3) is 0.667. The monoisotopic (exact) mass is 286 g/mol. The van der Waals surface area contributed by atoms with E-state index in [1.54, 1.807) is 5.51 Å². The normalized spacial score (nSPS) is 23.2. The highest BCUT2D eigenvalue weighted by atomic mass is 32.1. The minimum Gasteiger partial charge on any atom is -0.379 e. The zero-order valence-corrected chi connectivity index (χ0v) is 11.6. The Balaban J connectivity index is 1.83. The first-order chi connectivity index (χ1) is 9.29. The lowest BCUT2D eigenvalue weighted by atomic mass is 10.1. The maximum absolute atomic E-state index is 11.5. The number of aromatic nitrogens is 1. The summed E-state index contributed by atoms with van der Waals surface area (Å²) < 4.78 is 16.0. The first-order valence-corrected chi connectivity index (χ1v) is 7.08. The second kappa shape index (κ2) is 7.54. The third-order valence-electron chi connectivity index (χ3n) is 2.85. The number of ether oxygens (including phenoxy) is 3. The largest absolute Gasteiger partial charge is 0.379 e. The predicted octanol–water partition coefficient (Wildman–Crippen LogP) is 0.580. The molecule has 1 aromatic heterocycles. The van der Waals surface area contributed by atoms with Crippen molar-refractivity contribution < 1.29 is 19.0 Å². The van der Waals surface area contributed by atoms with Crippen LogP contribution in [0, 0.1) is 0 Å². The standard InChI is InChI=1S/C12H18N2O4S/c1-16-6-12(15)14-10-2-3-17-5-11(10)18-4-9-7-19-8-13-9/h7-8,10-11H,2-6H2,1H3,(H,14,15)/t10-,11-/m1/s1. The lowest BCUT2D eigenvalue weighted by Crippen LogP contribution is -2.50. The van der Waals surface area contributed by atoms with E-state index in [-0.39, 0.29) is 24.7 Å². The summed E-state index contributed by atoms with van der Waals surface area (Å²) in [5.74, 6) is -0.128. The Morgan fingerprint density at radius 2 is 2.58 bits per heavy atom. The van der Waals surface area contributed by atoms with E-state index >= 15 is 0 Å². The van der Waals surface area contributed by atoms with Crippen LogP contribution in [-0.4, -0.2) is 50.0 Å². The van der Waals surface area contributed by atoms with Gasteiger partial charge in [-0.3, -0.25) is 4.79 Å². The van der Waals surface area contributed by atoms with Crippen molar-refractivity contribution in [1.82, 2.24) is 10.3 Å². The molecule has 1 aliphatic heterocycles. The molecule has 7 heteroatoms. The summed E-state index contributed by atoms with van der Waals surface area (Å²) in [5.41, 5.74) is 2.67. The SMILES string of the molecule is COCC(=O)N[C@@H]1CCOC[C@H]1OCc1cscn1. The lowest BCUT2D eigenvalue weighted by molar-refractivity contribution is -0.130. The molecular weight excluding hydrogens is 268 g/mol. The van der Waals surface area contributed by atoms with Crippen molar-refractivity contribution in [3.05, 3.63) is 16.6 Å². The van der Waals surface area contributed by atoms with E-state index in [0.29, 0.717) is 19.8 Å². The molecule has 0 bridgehead atoms. The Labute approximate surface area is 116 Å². The van der Waals surface area contributed by atoms with Gasteiger partial charge in [-0.15, -0.1) is 11.3 Å². The number of carbonyl (C=O) groups excluding carboxylic acids is 1. The molecular formula is C12H18N2O4S. The molecule has 0 unspecified atom stereocenters. The summed E-state index contributed by atoms with van der Waals surface area (Å²) in [7, 11) is 1.50. The van der Waals surface area contributed by atoms with Gasteiger partial charge in [0.2, 0.25) is 5.91 Å². The number of thiazole rings is 1. The number of nitrogens with zero attached hydrogens (tertiary/aromatic N) is 1. The Hall–Kier alpha value is -1.02. The zero-order valence-electron chi connectivity index (χ0n) is 10.8. The number of rotatable bonds is 6. The van der Waals surface area contributed by atoms with Crippen molar-refractivity contribution in [1.29, 1.82) is 0 Å². The predicted molar refractivity (Wildman–Crippen MR) is 69.9 cm³/mol. The van der Waals surface area contributed by atoms with Gasteiger partial charge in [-0.1, -0.05) is 0 Å². The van der Waals surface area contributed by atoms with Crippen LogP contribution in [0.1, 0.15) is 12.1 Å². The Kier molecular flexibility index (Phi) is 5.71. The van der Waals surface area contributed by atoms with Gasteiger partial charge in [-0.05, 0) is 6.42 Å². The van der Waals surface area contributed by atoms with Crippen LogP contribution < -0.4 is 5.32 Å². The highest BCUT2D eigenvalue weighted by Crippen LogP contribution is 2.14. The summed E-state index contributed by atoms with van der Waals surface area (Å²) in [6, 6.07) is -0.0324. The molecule has 2 rings (SSSR count). The van der Waals surface area contributed by atoms with E-state index < -0.39 is 0 Å². The van der Waals surface area contributed by atoms with Crippen LogP contribution in [0.5, 0.6) is 0 Å². The number of amides is 1. The van der Waals surface area contributed by atoms with Gasteiger partial charge in [-0.2, -0.15) is 0 Å². The van der Waals surface area contributed by atoms with Crippen molar-refractivity contribution in [2.45, 2.75) is 25.2 Å². The molecule has 0 radical (unpaired) electrons. The number of carbonyl (C=O) groups is 1. The maximum atomic E-state index is 11.5. The van der Waals surface area contributed by atoms with E-state index in [0.717, 1.165) is 12.1 Å². The highest BCUT2D eigenvalue weighted by Gasteiger charge is 2.28. The van der Waals surface area contributed by atoms with Gasteiger partial charge >= 0.3 is 0 Å². The lowest BCUT2D eigenvalue weighted by Gasteiger charge is -2.31. The van der Waals surface area contributed by atoms with Crippen LogP contribution in [0.3, 0.4) is 0 Å². The summed E-state index contributed by atoms with van der Waals surface area (Å²) in [6.07, 6.45) is 0.605. The minimum absolute atomic E-state index is 0.0324.